The zero-order chi connectivity index (χ0) is 18.1. The van der Waals surface area contributed by atoms with Crippen LogP contribution in [-0.4, -0.2) is 32.3 Å². The Bertz CT molecular complexity index is 958. The number of carbonyl (C=O) groups excluding carboxylic acids is 3. The van der Waals surface area contributed by atoms with Crippen molar-refractivity contribution >= 4 is 36.8 Å². The van der Waals surface area contributed by atoms with Crippen LogP contribution < -0.4 is 4.46 Å². The van der Waals surface area contributed by atoms with Gasteiger partial charge in [-0.15, -0.1) is 0 Å². The SMILES string of the molecule is O=C(c1ccccc1)C1(C(=O)c2ccccc2)[Se]c2ccccc2C1=O. The predicted octanol–water partition coefficient (Wildman–Crippen LogP) is 3.14. The van der Waals surface area contributed by atoms with Crippen molar-refractivity contribution in [3.05, 3.63) is 102 Å². The van der Waals surface area contributed by atoms with Crippen molar-refractivity contribution in [2.24, 2.45) is 0 Å². The van der Waals surface area contributed by atoms with Gasteiger partial charge in [-0.1, -0.05) is 0 Å². The zero-order valence-electron chi connectivity index (χ0n) is 13.7. The first kappa shape index (κ1) is 16.6. The van der Waals surface area contributed by atoms with Crippen LogP contribution in [0.5, 0.6) is 0 Å². The second-order valence-electron chi connectivity index (χ2n) is 6.00. The minimum absolute atomic E-state index is 0.379. The van der Waals surface area contributed by atoms with E-state index in [1.54, 1.807) is 72.8 Å². The van der Waals surface area contributed by atoms with Gasteiger partial charge < -0.3 is 0 Å². The third-order valence-electron chi connectivity index (χ3n) is 4.43. The van der Waals surface area contributed by atoms with Gasteiger partial charge in [-0.05, 0) is 0 Å². The van der Waals surface area contributed by atoms with Gasteiger partial charge in [0.1, 0.15) is 0 Å². The average molecular weight is 405 g/mol. The molecular formula is C22H14O3Se. The van der Waals surface area contributed by atoms with E-state index in [1.807, 2.05) is 12.1 Å². The molecule has 0 saturated heterocycles. The molecule has 0 N–H and O–H groups in total. The van der Waals surface area contributed by atoms with Crippen LogP contribution in [0.1, 0.15) is 31.1 Å². The Morgan fingerprint density at radius 2 is 1.12 bits per heavy atom. The number of rotatable bonds is 4. The van der Waals surface area contributed by atoms with Gasteiger partial charge in [0.15, 0.2) is 0 Å². The third-order valence-corrected chi connectivity index (χ3v) is 7.44. The second-order valence-corrected chi connectivity index (χ2v) is 8.63. The molecule has 1 aliphatic rings. The molecule has 1 heterocycles. The Kier molecular flexibility index (Phi) is 4.15. The molecule has 3 nitrogen and oxygen atoms in total. The zero-order valence-corrected chi connectivity index (χ0v) is 15.4. The monoisotopic (exact) mass is 406 g/mol. The van der Waals surface area contributed by atoms with Crippen LogP contribution in [0.2, 0.25) is 4.31 Å². The molecule has 0 unspecified atom stereocenters. The Labute approximate surface area is 157 Å². The summed E-state index contributed by atoms with van der Waals surface area (Å²) in [6.45, 7) is 0. The number of carbonyl (C=O) groups is 3. The van der Waals surface area contributed by atoms with Crippen molar-refractivity contribution in [3.8, 4) is 0 Å². The molecule has 0 fully saturated rings. The molecule has 126 valence electrons. The molecule has 0 radical (unpaired) electrons. The summed E-state index contributed by atoms with van der Waals surface area (Å²) in [7, 11) is 0. The quantitative estimate of drug-likeness (QED) is 0.381. The number of benzene rings is 3. The summed E-state index contributed by atoms with van der Waals surface area (Å²) >= 11 is -0.611. The average Bonchev–Trinajstić information content (AvgIpc) is 3.02. The molecule has 0 aromatic heterocycles. The summed E-state index contributed by atoms with van der Waals surface area (Å²) in [5.74, 6) is -1.20. The van der Waals surface area contributed by atoms with E-state index < -0.39 is 30.8 Å². The number of ketones is 3. The van der Waals surface area contributed by atoms with Gasteiger partial charge in [-0.25, -0.2) is 0 Å². The molecule has 0 saturated carbocycles. The first-order chi connectivity index (χ1) is 12.6. The molecule has 1 aliphatic heterocycles. The number of Topliss-reactive ketones (excluding diaryl/α,β-unsaturated/α-hetero) is 3. The maximum absolute atomic E-state index is 13.4. The van der Waals surface area contributed by atoms with Crippen molar-refractivity contribution in [1.82, 2.24) is 0 Å². The maximum atomic E-state index is 13.4. The van der Waals surface area contributed by atoms with E-state index >= 15 is 0 Å². The molecule has 0 spiro atoms. The van der Waals surface area contributed by atoms with Gasteiger partial charge in [0.2, 0.25) is 0 Å². The molecule has 4 heteroatoms. The fourth-order valence-electron chi connectivity index (χ4n) is 3.13. The summed E-state index contributed by atoms with van der Waals surface area (Å²) in [5, 5.41) is 0. The summed E-state index contributed by atoms with van der Waals surface area (Å²) < 4.78 is -0.863. The van der Waals surface area contributed by atoms with Gasteiger partial charge in [-0.2, -0.15) is 0 Å². The Hall–Kier alpha value is -2.81. The van der Waals surface area contributed by atoms with E-state index in [0.29, 0.717) is 16.7 Å². The van der Waals surface area contributed by atoms with Gasteiger partial charge in [-0.3, -0.25) is 0 Å². The van der Waals surface area contributed by atoms with Crippen molar-refractivity contribution in [2.45, 2.75) is 4.31 Å². The molecule has 26 heavy (non-hydrogen) atoms. The van der Waals surface area contributed by atoms with Gasteiger partial charge in [0.25, 0.3) is 0 Å². The minimum atomic E-state index is -1.67. The summed E-state index contributed by atoms with van der Waals surface area (Å²) in [6, 6.07) is 24.4. The van der Waals surface area contributed by atoms with E-state index in [1.165, 1.54) is 0 Å². The number of fused-ring (bicyclic) bond motifs is 1. The molecule has 4 rings (SSSR count). The van der Waals surface area contributed by atoms with Crippen molar-refractivity contribution in [2.75, 3.05) is 0 Å². The van der Waals surface area contributed by atoms with Crippen molar-refractivity contribution < 1.29 is 14.4 Å². The van der Waals surface area contributed by atoms with Gasteiger partial charge >= 0.3 is 157 Å². The van der Waals surface area contributed by atoms with E-state index in [9.17, 15) is 14.4 Å². The van der Waals surface area contributed by atoms with Crippen LogP contribution in [0.25, 0.3) is 0 Å². The Morgan fingerprint density at radius 1 is 0.654 bits per heavy atom. The van der Waals surface area contributed by atoms with Crippen LogP contribution in [0, 0.1) is 0 Å². The first-order valence-corrected chi connectivity index (χ1v) is 9.88. The standard InChI is InChI=1S/C22H14O3Se/c23-19(15-9-3-1-4-10-15)22(20(24)16-11-5-2-6-12-16)21(25)17-13-7-8-14-18(17)26-22/h1-14H. The Balaban J connectivity index is 1.91. The molecule has 3 aromatic rings. The number of hydrogen-bond acceptors (Lipinski definition) is 3. The van der Waals surface area contributed by atoms with E-state index in [-0.39, 0.29) is 5.78 Å². The van der Waals surface area contributed by atoms with Crippen LogP contribution in [0.15, 0.2) is 84.9 Å². The van der Waals surface area contributed by atoms with Crippen LogP contribution in [0.4, 0.5) is 0 Å². The molecule has 3 aromatic carbocycles. The summed E-state index contributed by atoms with van der Waals surface area (Å²) in [4.78, 5) is 40.2. The molecule has 0 aliphatic carbocycles. The predicted molar refractivity (Wildman–Crippen MR) is 100 cm³/mol. The van der Waals surface area contributed by atoms with Crippen molar-refractivity contribution in [1.29, 1.82) is 0 Å². The fourth-order valence-corrected chi connectivity index (χ4v) is 6.01. The topological polar surface area (TPSA) is 51.2 Å². The van der Waals surface area contributed by atoms with Gasteiger partial charge in [0, 0.05) is 0 Å². The van der Waals surface area contributed by atoms with Crippen LogP contribution in [-0.2, 0) is 0 Å². The normalized spacial score (nSPS) is 14.7. The third kappa shape index (κ3) is 2.47. The summed E-state index contributed by atoms with van der Waals surface area (Å²) in [6.07, 6.45) is 0. The first-order valence-electron chi connectivity index (χ1n) is 8.17. The summed E-state index contributed by atoms with van der Waals surface area (Å²) in [5.41, 5.74) is 1.26. The number of hydrogen-bond donors (Lipinski definition) is 0. The molecule has 0 atom stereocenters. The van der Waals surface area contributed by atoms with Crippen LogP contribution in [0.3, 0.4) is 0 Å². The Morgan fingerprint density at radius 3 is 1.62 bits per heavy atom. The van der Waals surface area contributed by atoms with E-state index in [2.05, 4.69) is 0 Å². The van der Waals surface area contributed by atoms with Gasteiger partial charge in [0.05, 0.1) is 0 Å². The molecule has 0 amide bonds. The molecule has 0 bridgehead atoms. The second kappa shape index (κ2) is 6.49. The van der Waals surface area contributed by atoms with Crippen LogP contribution >= 0.6 is 0 Å². The fraction of sp³-hybridized carbons (Fsp3) is 0.0455. The van der Waals surface area contributed by atoms with Crippen molar-refractivity contribution in [3.63, 3.8) is 0 Å². The molecular weight excluding hydrogens is 391 g/mol. The van der Waals surface area contributed by atoms with E-state index in [4.69, 9.17) is 0 Å². The van der Waals surface area contributed by atoms with E-state index in [0.717, 1.165) is 4.46 Å².